The summed E-state index contributed by atoms with van der Waals surface area (Å²) in [6.07, 6.45) is 1.97. The molecule has 2 aliphatic rings. The molecule has 0 aromatic carbocycles. The number of fused-ring (bicyclic) bond motifs is 1. The lowest BCUT2D eigenvalue weighted by atomic mass is 10.3. The van der Waals surface area contributed by atoms with Crippen LogP contribution in [0.3, 0.4) is 0 Å². The Balaban J connectivity index is 1.99. The predicted molar refractivity (Wildman–Crippen MR) is 31.0 cm³/mol. The van der Waals surface area contributed by atoms with Crippen LogP contribution >= 0.6 is 0 Å². The van der Waals surface area contributed by atoms with Crippen molar-refractivity contribution in [2.75, 3.05) is 6.61 Å². The molecular weight excluding hydrogens is 118 g/mol. The van der Waals surface area contributed by atoms with Crippen LogP contribution in [-0.2, 0) is 4.74 Å². The summed E-state index contributed by atoms with van der Waals surface area (Å²) in [6.45, 7) is 0.604. The predicted octanol–water partition coefficient (Wildman–Crippen LogP) is 0.505. The van der Waals surface area contributed by atoms with Crippen molar-refractivity contribution in [2.45, 2.75) is 18.9 Å². The maximum atomic E-state index is 10.6. The molecule has 1 aliphatic heterocycles. The standard InChI is InChI=1S/C6H9NO2/c8-6-7-5-3-4(5)1-2-9-6/h4-5H,1-3H2,(H,7,8). The maximum absolute atomic E-state index is 10.6. The molecule has 1 saturated heterocycles. The zero-order chi connectivity index (χ0) is 6.27. The van der Waals surface area contributed by atoms with E-state index in [-0.39, 0.29) is 6.09 Å². The molecular formula is C6H9NO2. The van der Waals surface area contributed by atoms with Crippen LogP contribution in [-0.4, -0.2) is 18.7 Å². The average molecular weight is 127 g/mol. The van der Waals surface area contributed by atoms with Crippen molar-refractivity contribution in [3.05, 3.63) is 0 Å². The summed E-state index contributed by atoms with van der Waals surface area (Å²) in [5.74, 6) is 0.719. The van der Waals surface area contributed by atoms with E-state index in [0.29, 0.717) is 12.6 Å². The van der Waals surface area contributed by atoms with Gasteiger partial charge in [-0.2, -0.15) is 0 Å². The second-order valence-corrected chi connectivity index (χ2v) is 2.67. The number of hydrogen-bond acceptors (Lipinski definition) is 2. The molecule has 1 aliphatic carbocycles. The Morgan fingerprint density at radius 2 is 2.56 bits per heavy atom. The van der Waals surface area contributed by atoms with Crippen molar-refractivity contribution in [1.82, 2.24) is 5.32 Å². The second-order valence-electron chi connectivity index (χ2n) is 2.67. The van der Waals surface area contributed by atoms with Crippen LogP contribution in [0, 0.1) is 5.92 Å². The quantitative estimate of drug-likeness (QED) is 0.514. The van der Waals surface area contributed by atoms with E-state index in [2.05, 4.69) is 5.32 Å². The third-order valence-corrected chi connectivity index (χ3v) is 1.95. The molecule has 9 heavy (non-hydrogen) atoms. The van der Waals surface area contributed by atoms with Gasteiger partial charge in [0.2, 0.25) is 0 Å². The van der Waals surface area contributed by atoms with Crippen molar-refractivity contribution in [2.24, 2.45) is 5.92 Å². The van der Waals surface area contributed by atoms with Crippen molar-refractivity contribution in [3.8, 4) is 0 Å². The lowest BCUT2D eigenvalue weighted by Crippen LogP contribution is -2.24. The molecule has 1 N–H and O–H groups in total. The minimum atomic E-state index is -0.236. The van der Waals surface area contributed by atoms with Gasteiger partial charge in [0, 0.05) is 6.04 Å². The number of ether oxygens (including phenoxy) is 1. The first-order valence-electron chi connectivity index (χ1n) is 3.29. The van der Waals surface area contributed by atoms with Gasteiger partial charge in [-0.05, 0) is 18.8 Å². The van der Waals surface area contributed by atoms with E-state index in [1.807, 2.05) is 0 Å². The molecule has 2 unspecified atom stereocenters. The molecule has 0 aromatic heterocycles. The number of amides is 1. The van der Waals surface area contributed by atoms with Crippen LogP contribution in [0.1, 0.15) is 12.8 Å². The summed E-state index contributed by atoms with van der Waals surface area (Å²) < 4.78 is 4.75. The summed E-state index contributed by atoms with van der Waals surface area (Å²) in [5.41, 5.74) is 0. The summed E-state index contributed by atoms with van der Waals surface area (Å²) in [7, 11) is 0. The monoisotopic (exact) mass is 127 g/mol. The van der Waals surface area contributed by atoms with Gasteiger partial charge in [-0.15, -0.1) is 0 Å². The van der Waals surface area contributed by atoms with Crippen LogP contribution in [0.2, 0.25) is 0 Å². The maximum Gasteiger partial charge on any atom is 0.407 e. The van der Waals surface area contributed by atoms with Gasteiger partial charge in [0.05, 0.1) is 6.61 Å². The molecule has 2 rings (SSSR count). The summed E-state index contributed by atoms with van der Waals surface area (Å²) in [5, 5.41) is 2.75. The molecule has 2 fully saturated rings. The molecule has 1 saturated carbocycles. The first-order valence-corrected chi connectivity index (χ1v) is 3.29. The summed E-state index contributed by atoms with van der Waals surface area (Å²) in [4.78, 5) is 10.6. The third-order valence-electron chi connectivity index (χ3n) is 1.95. The second kappa shape index (κ2) is 1.62. The molecule has 0 bridgehead atoms. The van der Waals surface area contributed by atoms with Gasteiger partial charge in [0.1, 0.15) is 0 Å². The number of hydrogen-bond donors (Lipinski definition) is 1. The Hall–Kier alpha value is -0.730. The fraction of sp³-hybridized carbons (Fsp3) is 0.833. The molecule has 1 amide bonds. The highest BCUT2D eigenvalue weighted by Gasteiger charge is 2.40. The van der Waals surface area contributed by atoms with Crippen LogP contribution in [0.5, 0.6) is 0 Å². The van der Waals surface area contributed by atoms with Crippen LogP contribution in [0.15, 0.2) is 0 Å². The SMILES string of the molecule is O=C1NC2CC2CCO1. The van der Waals surface area contributed by atoms with Crippen LogP contribution < -0.4 is 5.32 Å². The topological polar surface area (TPSA) is 38.3 Å². The van der Waals surface area contributed by atoms with Gasteiger partial charge in [0.15, 0.2) is 0 Å². The molecule has 0 radical (unpaired) electrons. The molecule has 0 aromatic rings. The Kier molecular flexibility index (Phi) is 0.917. The number of carbonyl (C=O) groups excluding carboxylic acids is 1. The van der Waals surface area contributed by atoms with E-state index in [1.165, 1.54) is 0 Å². The highest BCUT2D eigenvalue weighted by molar-refractivity contribution is 5.68. The zero-order valence-electron chi connectivity index (χ0n) is 5.09. The number of cyclic esters (lactones) is 1. The van der Waals surface area contributed by atoms with Crippen molar-refractivity contribution >= 4 is 6.09 Å². The molecule has 3 heteroatoms. The largest absolute Gasteiger partial charge is 0.450 e. The van der Waals surface area contributed by atoms with Crippen molar-refractivity contribution in [3.63, 3.8) is 0 Å². The van der Waals surface area contributed by atoms with Gasteiger partial charge in [-0.1, -0.05) is 0 Å². The van der Waals surface area contributed by atoms with Crippen LogP contribution in [0.25, 0.3) is 0 Å². The highest BCUT2D eigenvalue weighted by Crippen LogP contribution is 2.34. The Morgan fingerprint density at radius 1 is 1.67 bits per heavy atom. The van der Waals surface area contributed by atoms with Gasteiger partial charge in [0.25, 0.3) is 0 Å². The first-order chi connectivity index (χ1) is 4.36. The Bertz CT molecular complexity index is 146. The summed E-state index contributed by atoms with van der Waals surface area (Å²) in [6, 6.07) is 0.444. The fourth-order valence-corrected chi connectivity index (χ4v) is 1.24. The number of alkyl carbamates (subject to hydrolysis) is 1. The van der Waals surface area contributed by atoms with E-state index < -0.39 is 0 Å². The molecule has 3 nitrogen and oxygen atoms in total. The van der Waals surface area contributed by atoms with Crippen molar-refractivity contribution < 1.29 is 9.53 Å². The van der Waals surface area contributed by atoms with E-state index in [9.17, 15) is 4.79 Å². The first kappa shape index (κ1) is 5.09. The Labute approximate surface area is 53.4 Å². The van der Waals surface area contributed by atoms with Gasteiger partial charge < -0.3 is 10.1 Å². The molecule has 1 heterocycles. The molecule has 50 valence electrons. The van der Waals surface area contributed by atoms with E-state index in [1.54, 1.807) is 0 Å². The lowest BCUT2D eigenvalue weighted by molar-refractivity contribution is 0.149. The van der Waals surface area contributed by atoms with Crippen LogP contribution in [0.4, 0.5) is 4.79 Å². The van der Waals surface area contributed by atoms with Crippen molar-refractivity contribution in [1.29, 1.82) is 0 Å². The Morgan fingerprint density at radius 3 is 3.44 bits per heavy atom. The minimum Gasteiger partial charge on any atom is -0.450 e. The molecule has 2 atom stereocenters. The van der Waals surface area contributed by atoms with E-state index >= 15 is 0 Å². The zero-order valence-corrected chi connectivity index (χ0v) is 5.09. The highest BCUT2D eigenvalue weighted by atomic mass is 16.5. The normalized spacial score (nSPS) is 39.8. The number of carbonyl (C=O) groups is 1. The number of nitrogens with one attached hydrogen (secondary N) is 1. The number of rotatable bonds is 0. The average Bonchev–Trinajstić information content (AvgIpc) is 2.43. The summed E-state index contributed by atoms with van der Waals surface area (Å²) >= 11 is 0. The fourth-order valence-electron chi connectivity index (χ4n) is 1.24. The van der Waals surface area contributed by atoms with Gasteiger partial charge in [-0.3, -0.25) is 0 Å². The third kappa shape index (κ3) is 0.866. The minimum absolute atomic E-state index is 0.236. The van der Waals surface area contributed by atoms with Gasteiger partial charge in [-0.25, -0.2) is 4.79 Å². The van der Waals surface area contributed by atoms with Gasteiger partial charge >= 0.3 is 6.09 Å². The lowest BCUT2D eigenvalue weighted by Gasteiger charge is -1.98. The smallest absolute Gasteiger partial charge is 0.407 e. The van der Waals surface area contributed by atoms with E-state index in [0.717, 1.165) is 18.8 Å². The molecule has 0 spiro atoms. The van der Waals surface area contributed by atoms with E-state index in [4.69, 9.17) is 4.74 Å².